The van der Waals surface area contributed by atoms with Crippen LogP contribution in [0.1, 0.15) is 5.56 Å². The summed E-state index contributed by atoms with van der Waals surface area (Å²) in [5.74, 6) is 0.767. The Morgan fingerprint density at radius 3 is 2.82 bits per heavy atom. The van der Waals surface area contributed by atoms with Crippen molar-refractivity contribution in [3.8, 4) is 0 Å². The molecule has 1 heterocycles. The molecule has 0 bridgehead atoms. The van der Waals surface area contributed by atoms with E-state index in [-0.39, 0.29) is 5.82 Å². The van der Waals surface area contributed by atoms with Crippen molar-refractivity contribution in [2.45, 2.75) is 6.92 Å². The average Bonchev–Trinajstić information content (AvgIpc) is 2.28. The van der Waals surface area contributed by atoms with Gasteiger partial charge in [-0.05, 0) is 30.7 Å². The zero-order valence-corrected chi connectivity index (χ0v) is 11.4. The van der Waals surface area contributed by atoms with Gasteiger partial charge in [0, 0.05) is 10.2 Å². The lowest BCUT2D eigenvalue weighted by Crippen LogP contribution is -2.00. The first-order chi connectivity index (χ1) is 8.08. The van der Waals surface area contributed by atoms with Crippen molar-refractivity contribution in [2.75, 3.05) is 11.1 Å². The molecule has 0 aliphatic carbocycles. The summed E-state index contributed by atoms with van der Waals surface area (Å²) in [5, 5.41) is 3.45. The molecule has 6 heteroatoms. The summed E-state index contributed by atoms with van der Waals surface area (Å²) in [4.78, 5) is 7.86. The van der Waals surface area contributed by atoms with Gasteiger partial charge >= 0.3 is 0 Å². The lowest BCUT2D eigenvalue weighted by atomic mass is 10.2. The van der Waals surface area contributed by atoms with Gasteiger partial charge in [-0.1, -0.05) is 27.5 Å². The van der Waals surface area contributed by atoms with E-state index in [4.69, 9.17) is 17.3 Å². The predicted molar refractivity (Wildman–Crippen MR) is 73.6 cm³/mol. The van der Waals surface area contributed by atoms with Gasteiger partial charge in [-0.15, -0.1) is 0 Å². The lowest BCUT2D eigenvalue weighted by Gasteiger charge is -2.10. The highest BCUT2D eigenvalue weighted by molar-refractivity contribution is 9.10. The van der Waals surface area contributed by atoms with Crippen LogP contribution in [0.2, 0.25) is 5.02 Å². The third-order valence-corrected chi connectivity index (χ3v) is 3.12. The summed E-state index contributed by atoms with van der Waals surface area (Å²) in [6.45, 7) is 1.99. The molecule has 17 heavy (non-hydrogen) atoms. The van der Waals surface area contributed by atoms with Crippen LogP contribution in [0.15, 0.2) is 29.0 Å². The van der Waals surface area contributed by atoms with E-state index in [1.807, 2.05) is 25.1 Å². The molecule has 1 aromatic heterocycles. The Morgan fingerprint density at radius 2 is 2.12 bits per heavy atom. The average molecular weight is 314 g/mol. The fourth-order valence-electron chi connectivity index (χ4n) is 1.37. The summed E-state index contributed by atoms with van der Waals surface area (Å²) in [7, 11) is 0. The van der Waals surface area contributed by atoms with Gasteiger partial charge in [-0.25, -0.2) is 9.97 Å². The number of hydrogen-bond acceptors (Lipinski definition) is 4. The summed E-state index contributed by atoms with van der Waals surface area (Å²) in [6, 6.07) is 5.88. The predicted octanol–water partition coefficient (Wildman–Crippen LogP) is 3.53. The van der Waals surface area contributed by atoms with Gasteiger partial charge in [0.15, 0.2) is 5.82 Å². The fraction of sp³-hybridized carbons (Fsp3) is 0.0909. The highest BCUT2D eigenvalue weighted by Gasteiger charge is 2.07. The third kappa shape index (κ3) is 2.68. The number of aromatic nitrogens is 2. The number of benzene rings is 1. The van der Waals surface area contributed by atoms with Crippen molar-refractivity contribution in [1.82, 2.24) is 9.97 Å². The molecule has 0 atom stereocenters. The van der Waals surface area contributed by atoms with E-state index in [1.54, 1.807) is 0 Å². The zero-order valence-electron chi connectivity index (χ0n) is 9.04. The van der Waals surface area contributed by atoms with E-state index < -0.39 is 0 Å². The minimum absolute atomic E-state index is 0.263. The van der Waals surface area contributed by atoms with Gasteiger partial charge in [0.2, 0.25) is 0 Å². The lowest BCUT2D eigenvalue weighted by molar-refractivity contribution is 1.17. The molecule has 88 valence electrons. The Hall–Kier alpha value is -1.33. The maximum absolute atomic E-state index is 6.00. The Labute approximate surface area is 112 Å². The van der Waals surface area contributed by atoms with Gasteiger partial charge in [-0.2, -0.15) is 0 Å². The molecule has 0 fully saturated rings. The number of hydrogen-bond donors (Lipinski definition) is 2. The number of rotatable bonds is 2. The van der Waals surface area contributed by atoms with E-state index in [0.717, 1.165) is 15.7 Å². The molecule has 0 spiro atoms. The van der Waals surface area contributed by atoms with Gasteiger partial charge in [0.25, 0.3) is 0 Å². The second-order valence-corrected chi connectivity index (χ2v) is 4.80. The molecule has 0 unspecified atom stereocenters. The molecular formula is C11H10BrClN4. The topological polar surface area (TPSA) is 63.8 Å². The molecule has 0 radical (unpaired) electrons. The van der Waals surface area contributed by atoms with Gasteiger partial charge in [0.05, 0.1) is 0 Å². The Kier molecular flexibility index (Phi) is 3.49. The molecule has 1 aromatic carbocycles. The van der Waals surface area contributed by atoms with E-state index in [9.17, 15) is 0 Å². The quantitative estimate of drug-likeness (QED) is 0.890. The molecule has 0 aliphatic heterocycles. The van der Waals surface area contributed by atoms with Crippen molar-refractivity contribution in [1.29, 1.82) is 0 Å². The normalized spacial score (nSPS) is 10.3. The number of nitrogens with one attached hydrogen (secondary N) is 1. The molecule has 4 nitrogen and oxygen atoms in total. The van der Waals surface area contributed by atoms with Gasteiger partial charge in [0.1, 0.15) is 17.2 Å². The minimum Gasteiger partial charge on any atom is -0.382 e. The first-order valence-corrected chi connectivity index (χ1v) is 6.04. The monoisotopic (exact) mass is 312 g/mol. The van der Waals surface area contributed by atoms with Crippen LogP contribution in [0.5, 0.6) is 0 Å². The Bertz CT molecular complexity index is 559. The smallest absolute Gasteiger partial charge is 0.154 e. The van der Waals surface area contributed by atoms with Gasteiger partial charge < -0.3 is 11.1 Å². The number of aryl methyl sites for hydroxylation is 1. The maximum atomic E-state index is 6.00. The number of nitrogen functional groups attached to an aromatic ring is 1. The van der Waals surface area contributed by atoms with E-state index in [1.165, 1.54) is 6.33 Å². The van der Waals surface area contributed by atoms with Crippen molar-refractivity contribution in [3.63, 3.8) is 0 Å². The van der Waals surface area contributed by atoms with Crippen molar-refractivity contribution >= 4 is 44.9 Å². The molecule has 2 aromatic rings. The second-order valence-electron chi connectivity index (χ2n) is 3.51. The fourth-order valence-corrected chi connectivity index (χ4v) is 1.99. The Balaban J connectivity index is 2.35. The molecule has 0 saturated carbocycles. The van der Waals surface area contributed by atoms with Crippen LogP contribution in [0.3, 0.4) is 0 Å². The number of anilines is 3. The molecule has 0 saturated heterocycles. The standard InChI is InChI=1S/C11H10BrClN4/c1-6-4-7(12)2-3-8(6)17-11-9(13)10(14)15-5-16-11/h2-5H,1H3,(H3,14,15,16,17). The molecule has 0 aliphatic rings. The van der Waals surface area contributed by atoms with E-state index in [0.29, 0.717) is 10.8 Å². The zero-order chi connectivity index (χ0) is 12.4. The van der Waals surface area contributed by atoms with Crippen LogP contribution in [0, 0.1) is 6.92 Å². The number of halogens is 2. The third-order valence-electron chi connectivity index (χ3n) is 2.26. The second kappa shape index (κ2) is 4.89. The summed E-state index contributed by atoms with van der Waals surface area (Å²) in [6.07, 6.45) is 1.37. The molecule has 0 amide bonds. The van der Waals surface area contributed by atoms with E-state index in [2.05, 4.69) is 31.2 Å². The summed E-state index contributed by atoms with van der Waals surface area (Å²) < 4.78 is 1.02. The van der Waals surface area contributed by atoms with Crippen LogP contribution in [-0.4, -0.2) is 9.97 Å². The maximum Gasteiger partial charge on any atom is 0.154 e. The molecular weight excluding hydrogens is 304 g/mol. The Morgan fingerprint density at radius 1 is 1.35 bits per heavy atom. The summed E-state index contributed by atoms with van der Waals surface area (Å²) in [5.41, 5.74) is 7.61. The highest BCUT2D eigenvalue weighted by atomic mass is 79.9. The van der Waals surface area contributed by atoms with Crippen LogP contribution >= 0.6 is 27.5 Å². The van der Waals surface area contributed by atoms with Crippen molar-refractivity contribution < 1.29 is 0 Å². The molecule has 2 rings (SSSR count). The van der Waals surface area contributed by atoms with E-state index >= 15 is 0 Å². The largest absolute Gasteiger partial charge is 0.382 e. The van der Waals surface area contributed by atoms with Gasteiger partial charge in [-0.3, -0.25) is 0 Å². The first-order valence-electron chi connectivity index (χ1n) is 4.87. The van der Waals surface area contributed by atoms with Crippen LogP contribution in [0.4, 0.5) is 17.3 Å². The minimum atomic E-state index is 0.263. The molecule has 3 N–H and O–H groups in total. The SMILES string of the molecule is Cc1cc(Br)ccc1Nc1ncnc(N)c1Cl. The highest BCUT2D eigenvalue weighted by Crippen LogP contribution is 2.28. The number of nitrogens with zero attached hydrogens (tertiary/aromatic N) is 2. The number of nitrogens with two attached hydrogens (primary N) is 1. The van der Waals surface area contributed by atoms with Crippen LogP contribution < -0.4 is 11.1 Å². The van der Waals surface area contributed by atoms with Crippen LogP contribution in [0.25, 0.3) is 0 Å². The first kappa shape index (κ1) is 12.1. The van der Waals surface area contributed by atoms with Crippen molar-refractivity contribution in [2.24, 2.45) is 0 Å². The summed E-state index contributed by atoms with van der Waals surface area (Å²) >= 11 is 9.41. The van der Waals surface area contributed by atoms with Crippen LogP contribution in [-0.2, 0) is 0 Å². The van der Waals surface area contributed by atoms with Crippen molar-refractivity contribution in [3.05, 3.63) is 39.6 Å².